The summed E-state index contributed by atoms with van der Waals surface area (Å²) in [5.41, 5.74) is -6.57. The molecule has 0 unspecified atom stereocenters. The Morgan fingerprint density at radius 3 is 1.40 bits per heavy atom. The molecular weight excluding hydrogens is 672 g/mol. The summed E-state index contributed by atoms with van der Waals surface area (Å²) < 4.78 is 37.5. The molecule has 0 amide bonds. The molecule has 1 heterocycles. The molecular formula is C40H42O12. The van der Waals surface area contributed by atoms with Crippen LogP contribution in [0.5, 0.6) is 0 Å². The molecule has 1 aliphatic heterocycles. The Morgan fingerprint density at radius 2 is 0.981 bits per heavy atom. The van der Waals surface area contributed by atoms with Gasteiger partial charge < -0.3 is 33.5 Å². The molecule has 12 heteroatoms. The van der Waals surface area contributed by atoms with Gasteiger partial charge in [0.15, 0.2) is 24.4 Å². The van der Waals surface area contributed by atoms with Gasteiger partial charge in [-0.15, -0.1) is 0 Å². The lowest BCUT2D eigenvalue weighted by Gasteiger charge is -2.66. The van der Waals surface area contributed by atoms with E-state index in [4.69, 9.17) is 28.4 Å². The maximum Gasteiger partial charge on any atom is 0.338 e. The number of carbonyl (C=O) groups excluding carboxylic acids is 5. The summed E-state index contributed by atoms with van der Waals surface area (Å²) in [5, 5.41) is 12.8. The highest BCUT2D eigenvalue weighted by Crippen LogP contribution is 2.69. The highest BCUT2D eigenvalue weighted by molar-refractivity contribution is 5.91. The summed E-state index contributed by atoms with van der Waals surface area (Å²) in [7, 11) is 0. The zero-order valence-corrected chi connectivity index (χ0v) is 29.8. The normalized spacial score (nSPS) is 32.8. The standard InChI is InChI=1S/C40H42O12/c1-23(41)47-30-32(51-36(45)27-20-14-9-15-21-27)38(5)31(50-35(44)26-18-12-8-13-19-26)29(49-34(43)25-16-10-7-11-17-25)28-22-40(38,52-37(28,3)4)39(6,46)33(30)48-24(2)42/h7-21,28-33,46H,22H2,1-6H3/t28-,29-,30+,31+,32-,33-,38+,39-,40+/m0/s1. The van der Waals surface area contributed by atoms with E-state index in [0.29, 0.717) is 0 Å². The minimum atomic E-state index is -2.19. The number of carbonyl (C=O) groups is 5. The molecule has 9 atom stereocenters. The van der Waals surface area contributed by atoms with Crippen molar-refractivity contribution in [2.24, 2.45) is 11.3 Å². The Bertz CT molecular complexity index is 1840. The van der Waals surface area contributed by atoms with Crippen molar-refractivity contribution < 1.29 is 57.5 Å². The van der Waals surface area contributed by atoms with Gasteiger partial charge in [-0.05, 0) is 70.5 Å². The molecule has 3 aliphatic rings. The van der Waals surface area contributed by atoms with Gasteiger partial charge in [0.2, 0.25) is 0 Å². The van der Waals surface area contributed by atoms with E-state index in [1.165, 1.54) is 19.1 Å². The zero-order valence-electron chi connectivity index (χ0n) is 29.8. The van der Waals surface area contributed by atoms with Crippen LogP contribution in [0.3, 0.4) is 0 Å². The van der Waals surface area contributed by atoms with E-state index in [-0.39, 0.29) is 23.1 Å². The van der Waals surface area contributed by atoms with Crippen LogP contribution in [0.2, 0.25) is 0 Å². The molecule has 1 N–H and O–H groups in total. The van der Waals surface area contributed by atoms with Gasteiger partial charge in [0.25, 0.3) is 0 Å². The third kappa shape index (κ3) is 6.03. The van der Waals surface area contributed by atoms with Crippen LogP contribution < -0.4 is 0 Å². The predicted octanol–water partition coefficient (Wildman–Crippen LogP) is 4.87. The van der Waals surface area contributed by atoms with Crippen LogP contribution in [0.1, 0.15) is 79.0 Å². The molecule has 2 aliphatic carbocycles. The van der Waals surface area contributed by atoms with Crippen molar-refractivity contribution in [3.05, 3.63) is 108 Å². The molecule has 0 radical (unpaired) electrons. The molecule has 12 nitrogen and oxygen atoms in total. The first kappa shape index (κ1) is 36.7. The third-order valence-corrected chi connectivity index (χ3v) is 10.9. The second-order valence-corrected chi connectivity index (χ2v) is 14.5. The zero-order chi connectivity index (χ0) is 37.6. The first-order valence-corrected chi connectivity index (χ1v) is 17.1. The number of hydrogen-bond donors (Lipinski definition) is 1. The highest BCUT2D eigenvalue weighted by Gasteiger charge is 2.85. The number of fused-ring (bicyclic) bond motifs is 1. The first-order chi connectivity index (χ1) is 24.5. The average Bonchev–Trinajstić information content (AvgIpc) is 3.39. The van der Waals surface area contributed by atoms with Gasteiger partial charge in [-0.2, -0.15) is 0 Å². The van der Waals surface area contributed by atoms with E-state index in [0.717, 1.165) is 13.8 Å². The number of rotatable bonds is 8. The second-order valence-electron chi connectivity index (χ2n) is 14.5. The van der Waals surface area contributed by atoms with Crippen LogP contribution in [-0.2, 0) is 38.0 Å². The monoisotopic (exact) mass is 714 g/mol. The lowest BCUT2D eigenvalue weighted by Crippen LogP contribution is -2.84. The maximum atomic E-state index is 14.1. The summed E-state index contributed by atoms with van der Waals surface area (Å²) >= 11 is 0. The highest BCUT2D eigenvalue weighted by atomic mass is 16.6. The number of ether oxygens (including phenoxy) is 6. The van der Waals surface area contributed by atoms with Crippen LogP contribution in [0.15, 0.2) is 91.0 Å². The molecule has 0 aromatic heterocycles. The van der Waals surface area contributed by atoms with Crippen LogP contribution in [0.25, 0.3) is 0 Å². The Labute approximate surface area is 301 Å². The van der Waals surface area contributed by atoms with E-state index in [1.54, 1.807) is 99.6 Å². The van der Waals surface area contributed by atoms with Crippen molar-refractivity contribution in [3.8, 4) is 0 Å². The van der Waals surface area contributed by atoms with E-state index in [9.17, 15) is 29.1 Å². The Kier molecular flexibility index (Phi) is 9.52. The summed E-state index contributed by atoms with van der Waals surface area (Å²) in [6.45, 7) is 8.70. The Hall–Kier alpha value is -5.07. The molecule has 1 spiro atoms. The third-order valence-electron chi connectivity index (χ3n) is 10.9. The fourth-order valence-corrected chi connectivity index (χ4v) is 8.52. The largest absolute Gasteiger partial charge is 0.455 e. The van der Waals surface area contributed by atoms with Gasteiger partial charge in [-0.1, -0.05) is 54.6 Å². The van der Waals surface area contributed by atoms with Crippen LogP contribution in [0, 0.1) is 11.3 Å². The van der Waals surface area contributed by atoms with E-state index in [2.05, 4.69) is 0 Å². The maximum absolute atomic E-state index is 14.1. The fraction of sp³-hybridized carbons (Fsp3) is 0.425. The molecule has 6 rings (SSSR count). The topological polar surface area (TPSA) is 161 Å². The summed E-state index contributed by atoms with van der Waals surface area (Å²) in [6, 6.07) is 24.4. The second kappa shape index (κ2) is 13.5. The number of benzene rings is 3. The van der Waals surface area contributed by atoms with Crippen molar-refractivity contribution in [2.75, 3.05) is 0 Å². The fourth-order valence-electron chi connectivity index (χ4n) is 8.52. The van der Waals surface area contributed by atoms with E-state index in [1.807, 2.05) is 0 Å². The first-order valence-electron chi connectivity index (χ1n) is 17.1. The lowest BCUT2D eigenvalue weighted by atomic mass is 9.46. The minimum absolute atomic E-state index is 0.0421. The molecule has 52 heavy (non-hydrogen) atoms. The van der Waals surface area contributed by atoms with Crippen molar-refractivity contribution in [2.45, 2.75) is 95.3 Å². The van der Waals surface area contributed by atoms with E-state index < -0.39 is 88.5 Å². The van der Waals surface area contributed by atoms with Crippen LogP contribution in [-0.4, -0.2) is 82.3 Å². The Morgan fingerprint density at radius 1 is 0.577 bits per heavy atom. The quantitative estimate of drug-likeness (QED) is 0.250. The van der Waals surface area contributed by atoms with E-state index >= 15 is 0 Å². The van der Waals surface area contributed by atoms with Crippen LogP contribution >= 0.6 is 0 Å². The van der Waals surface area contributed by atoms with Gasteiger partial charge in [-0.25, -0.2) is 14.4 Å². The average molecular weight is 715 g/mol. The molecule has 3 aromatic rings. The summed E-state index contributed by atoms with van der Waals surface area (Å²) in [4.78, 5) is 67.4. The lowest BCUT2D eigenvalue weighted by molar-refractivity contribution is -0.356. The number of aliphatic hydroxyl groups is 1. The minimum Gasteiger partial charge on any atom is -0.455 e. The van der Waals surface area contributed by atoms with Gasteiger partial charge in [0.05, 0.1) is 27.7 Å². The van der Waals surface area contributed by atoms with Crippen LogP contribution in [0.4, 0.5) is 0 Å². The van der Waals surface area contributed by atoms with Crippen molar-refractivity contribution in [1.29, 1.82) is 0 Å². The molecule has 274 valence electrons. The van der Waals surface area contributed by atoms with Gasteiger partial charge in [-0.3, -0.25) is 9.59 Å². The van der Waals surface area contributed by atoms with Gasteiger partial charge in [0, 0.05) is 19.8 Å². The molecule has 3 fully saturated rings. The smallest absolute Gasteiger partial charge is 0.338 e. The summed E-state index contributed by atoms with van der Waals surface area (Å²) in [5.74, 6) is -4.78. The van der Waals surface area contributed by atoms with Crippen molar-refractivity contribution in [3.63, 3.8) is 0 Å². The number of esters is 5. The number of hydrogen-bond acceptors (Lipinski definition) is 12. The van der Waals surface area contributed by atoms with Gasteiger partial charge in [0.1, 0.15) is 17.3 Å². The molecule has 3 aromatic carbocycles. The van der Waals surface area contributed by atoms with Gasteiger partial charge >= 0.3 is 29.8 Å². The Balaban J connectivity index is 1.61. The summed E-state index contributed by atoms with van der Waals surface area (Å²) in [6.07, 6.45) is -7.74. The van der Waals surface area contributed by atoms with Crippen molar-refractivity contribution >= 4 is 29.8 Å². The predicted molar refractivity (Wildman–Crippen MR) is 183 cm³/mol. The molecule has 2 saturated carbocycles. The molecule has 2 bridgehead atoms. The van der Waals surface area contributed by atoms with Crippen molar-refractivity contribution in [1.82, 2.24) is 0 Å². The molecule has 1 saturated heterocycles. The SMILES string of the molecule is CC(=O)O[C@@H]1[C@H](OC(=O)c2ccccc2)[C@@]2(C)[C@H](OC(=O)c3ccccc3)[C@@H](OC(=O)c3ccccc3)[C@@H]3C[C@]2(OC3(C)C)[C@@](C)(O)[C@H]1OC(C)=O.